The number of allylic oxidation sites excluding steroid dienone is 6. The fourth-order valence-corrected chi connectivity index (χ4v) is 0.876. The van der Waals surface area contributed by atoms with Crippen molar-refractivity contribution in [3.63, 3.8) is 0 Å². The van der Waals surface area contributed by atoms with Gasteiger partial charge in [0.25, 0.3) is 0 Å². The quantitative estimate of drug-likeness (QED) is 0.722. The van der Waals surface area contributed by atoms with E-state index in [1.807, 2.05) is 13.8 Å². The van der Waals surface area contributed by atoms with Crippen molar-refractivity contribution in [1.82, 2.24) is 0 Å². The maximum atomic E-state index is 12.2. The highest BCUT2D eigenvalue weighted by Crippen LogP contribution is 2.24. The average Bonchev–Trinajstić information content (AvgIpc) is 2.09. The highest BCUT2D eigenvalue weighted by Gasteiger charge is 2.31. The van der Waals surface area contributed by atoms with Crippen LogP contribution in [0.2, 0.25) is 0 Å². The van der Waals surface area contributed by atoms with Crippen molar-refractivity contribution >= 4 is 0 Å². The summed E-state index contributed by atoms with van der Waals surface area (Å²) in [5.41, 5.74) is 4.43. The van der Waals surface area contributed by atoms with Crippen molar-refractivity contribution < 1.29 is 13.2 Å². The monoisotopic (exact) mass is 219 g/mol. The third kappa shape index (κ3) is 5.30. The molecular weight excluding hydrogens is 203 g/mol. The number of nitrogens with two attached hydrogens (primary N) is 1. The predicted octanol–water partition coefficient (Wildman–Crippen LogP) is 3.55. The van der Waals surface area contributed by atoms with Gasteiger partial charge in [0.2, 0.25) is 0 Å². The van der Waals surface area contributed by atoms with Crippen molar-refractivity contribution in [1.29, 1.82) is 0 Å². The van der Waals surface area contributed by atoms with E-state index in [4.69, 9.17) is 5.73 Å². The van der Waals surface area contributed by atoms with Gasteiger partial charge in [-0.15, -0.1) is 0 Å². The molecular formula is C11H16F3N. The van der Waals surface area contributed by atoms with E-state index in [0.29, 0.717) is 5.57 Å². The van der Waals surface area contributed by atoms with Crippen LogP contribution < -0.4 is 5.73 Å². The molecule has 2 N–H and O–H groups in total. The van der Waals surface area contributed by atoms with Crippen LogP contribution in [0.15, 0.2) is 35.6 Å². The molecule has 86 valence electrons. The van der Waals surface area contributed by atoms with E-state index in [-0.39, 0.29) is 5.92 Å². The number of hydrogen-bond donors (Lipinski definition) is 1. The number of rotatable bonds is 3. The number of halogens is 3. The molecule has 0 fully saturated rings. The van der Waals surface area contributed by atoms with Crippen LogP contribution in [0.5, 0.6) is 0 Å². The summed E-state index contributed by atoms with van der Waals surface area (Å²) in [7, 11) is 0. The van der Waals surface area contributed by atoms with Gasteiger partial charge in [0.1, 0.15) is 5.70 Å². The average molecular weight is 219 g/mol. The smallest absolute Gasteiger partial charge is 0.395 e. The molecule has 0 spiro atoms. The molecule has 0 saturated carbocycles. The van der Waals surface area contributed by atoms with Gasteiger partial charge in [0.05, 0.1) is 0 Å². The van der Waals surface area contributed by atoms with Gasteiger partial charge in [-0.1, -0.05) is 32.1 Å². The second-order valence-corrected chi connectivity index (χ2v) is 3.44. The molecule has 0 aliphatic rings. The van der Waals surface area contributed by atoms with Crippen LogP contribution in [-0.4, -0.2) is 6.18 Å². The fourth-order valence-electron chi connectivity index (χ4n) is 0.876. The lowest BCUT2D eigenvalue weighted by Crippen LogP contribution is -2.19. The van der Waals surface area contributed by atoms with E-state index in [1.165, 1.54) is 0 Å². The first-order valence-electron chi connectivity index (χ1n) is 4.66. The Morgan fingerprint density at radius 3 is 2.13 bits per heavy atom. The normalized spacial score (nSPS) is 15.4. The summed E-state index contributed by atoms with van der Waals surface area (Å²) >= 11 is 0. The topological polar surface area (TPSA) is 26.0 Å². The van der Waals surface area contributed by atoms with Crippen molar-refractivity contribution in [2.24, 2.45) is 11.7 Å². The van der Waals surface area contributed by atoms with Crippen molar-refractivity contribution in [2.45, 2.75) is 26.9 Å². The Kier molecular flexibility index (Phi) is 5.19. The largest absolute Gasteiger partial charge is 0.430 e. The van der Waals surface area contributed by atoms with Crippen molar-refractivity contribution in [2.75, 3.05) is 0 Å². The summed E-state index contributed by atoms with van der Waals surface area (Å²) in [6, 6.07) is 0. The predicted molar refractivity (Wildman–Crippen MR) is 56.1 cm³/mol. The van der Waals surface area contributed by atoms with Gasteiger partial charge in [-0.3, -0.25) is 0 Å². The van der Waals surface area contributed by atoms with E-state index in [2.05, 4.69) is 0 Å². The molecule has 0 unspecified atom stereocenters. The summed E-state index contributed by atoms with van der Waals surface area (Å²) in [5, 5.41) is 0. The molecule has 0 heterocycles. The van der Waals surface area contributed by atoms with Crippen LogP contribution in [0, 0.1) is 5.92 Å². The molecule has 0 bridgehead atoms. The van der Waals surface area contributed by atoms with Crippen LogP contribution in [0.3, 0.4) is 0 Å². The first-order chi connectivity index (χ1) is 6.79. The highest BCUT2D eigenvalue weighted by molar-refractivity contribution is 5.29. The first kappa shape index (κ1) is 13.8. The Morgan fingerprint density at radius 1 is 1.27 bits per heavy atom. The SMILES string of the molecule is C\C=C/C=C(\C=C(/N)C(F)(F)F)C(C)C. The van der Waals surface area contributed by atoms with Gasteiger partial charge in [-0.05, 0) is 24.5 Å². The molecule has 0 radical (unpaired) electrons. The van der Waals surface area contributed by atoms with Crippen molar-refractivity contribution in [3.05, 3.63) is 35.6 Å². The molecule has 4 heteroatoms. The Balaban J connectivity index is 4.99. The maximum absolute atomic E-state index is 12.2. The Bertz CT molecular complexity index is 283. The van der Waals surface area contributed by atoms with E-state index in [9.17, 15) is 13.2 Å². The zero-order valence-corrected chi connectivity index (χ0v) is 9.10. The van der Waals surface area contributed by atoms with Gasteiger partial charge in [0, 0.05) is 0 Å². The fraction of sp³-hybridized carbons (Fsp3) is 0.455. The molecule has 1 nitrogen and oxygen atoms in total. The third-order valence-corrected chi connectivity index (χ3v) is 1.80. The summed E-state index contributed by atoms with van der Waals surface area (Å²) in [6.07, 6.45) is 1.59. The molecule has 0 saturated heterocycles. The van der Waals surface area contributed by atoms with Crippen LogP contribution in [-0.2, 0) is 0 Å². The van der Waals surface area contributed by atoms with Gasteiger partial charge < -0.3 is 5.73 Å². The zero-order chi connectivity index (χ0) is 12.1. The summed E-state index contributed by atoms with van der Waals surface area (Å²) in [5.74, 6) is 0.00194. The molecule has 0 aromatic heterocycles. The van der Waals surface area contributed by atoms with E-state index < -0.39 is 11.9 Å². The van der Waals surface area contributed by atoms with Crippen molar-refractivity contribution in [3.8, 4) is 0 Å². The molecule has 0 atom stereocenters. The highest BCUT2D eigenvalue weighted by atomic mass is 19.4. The van der Waals surface area contributed by atoms with Gasteiger partial charge >= 0.3 is 6.18 Å². The maximum Gasteiger partial charge on any atom is 0.430 e. The van der Waals surface area contributed by atoms with Gasteiger partial charge in [-0.2, -0.15) is 13.2 Å². The molecule has 0 aliphatic carbocycles. The lowest BCUT2D eigenvalue weighted by molar-refractivity contribution is -0.0927. The second-order valence-electron chi connectivity index (χ2n) is 3.44. The Hall–Kier alpha value is -1.19. The van der Waals surface area contributed by atoms with Crippen LogP contribution in [0.1, 0.15) is 20.8 Å². The molecule has 0 rings (SSSR count). The minimum Gasteiger partial charge on any atom is -0.395 e. The Morgan fingerprint density at radius 2 is 1.80 bits per heavy atom. The molecule has 0 amide bonds. The minimum absolute atomic E-state index is 0.00194. The summed E-state index contributed by atoms with van der Waals surface area (Å²) in [6.45, 7) is 5.43. The van der Waals surface area contributed by atoms with E-state index >= 15 is 0 Å². The third-order valence-electron chi connectivity index (χ3n) is 1.80. The van der Waals surface area contributed by atoms with Crippen LogP contribution in [0.25, 0.3) is 0 Å². The van der Waals surface area contributed by atoms with Crippen LogP contribution >= 0.6 is 0 Å². The lowest BCUT2D eigenvalue weighted by Gasteiger charge is -2.10. The van der Waals surface area contributed by atoms with E-state index in [1.54, 1.807) is 25.2 Å². The number of alkyl halides is 3. The molecule has 15 heavy (non-hydrogen) atoms. The van der Waals surface area contributed by atoms with Crippen LogP contribution in [0.4, 0.5) is 13.2 Å². The van der Waals surface area contributed by atoms with Gasteiger partial charge in [0.15, 0.2) is 0 Å². The minimum atomic E-state index is -4.45. The lowest BCUT2D eigenvalue weighted by atomic mass is 10.0. The summed E-state index contributed by atoms with van der Waals surface area (Å²) < 4.78 is 36.5. The Labute approximate surface area is 88.2 Å². The molecule has 0 aromatic rings. The summed E-state index contributed by atoms with van der Waals surface area (Å²) in [4.78, 5) is 0. The van der Waals surface area contributed by atoms with Gasteiger partial charge in [-0.25, -0.2) is 0 Å². The number of hydrogen-bond acceptors (Lipinski definition) is 1. The standard InChI is InChI=1S/C11H16F3N/c1-4-5-6-9(8(2)3)7-10(15)11(12,13)14/h4-8H,15H2,1-3H3/b5-4-,9-6+,10-7-. The van der Waals surface area contributed by atoms with E-state index in [0.717, 1.165) is 6.08 Å². The first-order valence-corrected chi connectivity index (χ1v) is 4.66. The molecule has 0 aliphatic heterocycles. The zero-order valence-electron chi connectivity index (χ0n) is 9.10. The second kappa shape index (κ2) is 5.63. The molecule has 0 aromatic carbocycles.